The Labute approximate surface area is 92.8 Å². The average molecular weight is 210 g/mol. The molecule has 86 valence electrons. The standard InChI is InChI=1S/C12H22N2O/c1-10(2)14-11(9-13)7-8-15-12-5-3-4-6-12/h10-12,14H,3-8H2,1-2H3. The fourth-order valence-corrected chi connectivity index (χ4v) is 2.00. The van der Waals surface area contributed by atoms with Crippen molar-refractivity contribution < 1.29 is 4.74 Å². The minimum atomic E-state index is -0.0635. The second-order valence-corrected chi connectivity index (χ2v) is 4.57. The van der Waals surface area contributed by atoms with Crippen LogP contribution in [0.4, 0.5) is 0 Å². The third-order valence-electron chi connectivity index (χ3n) is 2.75. The van der Waals surface area contributed by atoms with Crippen molar-refractivity contribution in [2.24, 2.45) is 0 Å². The molecule has 0 aromatic heterocycles. The second-order valence-electron chi connectivity index (χ2n) is 4.57. The molecule has 0 spiro atoms. The van der Waals surface area contributed by atoms with E-state index < -0.39 is 0 Å². The van der Waals surface area contributed by atoms with E-state index in [2.05, 4.69) is 25.2 Å². The van der Waals surface area contributed by atoms with Crippen LogP contribution in [0.15, 0.2) is 0 Å². The predicted octanol–water partition coefficient (Wildman–Crippen LogP) is 2.23. The van der Waals surface area contributed by atoms with Gasteiger partial charge in [0.25, 0.3) is 0 Å². The van der Waals surface area contributed by atoms with Gasteiger partial charge in [0.05, 0.1) is 18.2 Å². The molecule has 0 amide bonds. The molecule has 1 aliphatic rings. The number of nitriles is 1. The van der Waals surface area contributed by atoms with Crippen molar-refractivity contribution >= 4 is 0 Å². The van der Waals surface area contributed by atoms with E-state index in [0.717, 1.165) is 6.42 Å². The normalized spacial score (nSPS) is 19.3. The van der Waals surface area contributed by atoms with Gasteiger partial charge in [0, 0.05) is 12.6 Å². The molecule has 1 fully saturated rings. The van der Waals surface area contributed by atoms with E-state index in [9.17, 15) is 0 Å². The van der Waals surface area contributed by atoms with Gasteiger partial charge in [-0.3, -0.25) is 5.32 Å². The van der Waals surface area contributed by atoms with Crippen molar-refractivity contribution in [1.29, 1.82) is 5.26 Å². The first-order valence-electron chi connectivity index (χ1n) is 5.99. The number of nitrogens with one attached hydrogen (secondary N) is 1. The predicted molar refractivity (Wildman–Crippen MR) is 60.5 cm³/mol. The molecule has 1 atom stereocenters. The molecule has 15 heavy (non-hydrogen) atoms. The van der Waals surface area contributed by atoms with Crippen LogP contribution in [0, 0.1) is 11.3 Å². The lowest BCUT2D eigenvalue weighted by molar-refractivity contribution is 0.0541. The van der Waals surface area contributed by atoms with Crippen LogP contribution in [0.25, 0.3) is 0 Å². The molecule has 1 saturated carbocycles. The average Bonchev–Trinajstić information content (AvgIpc) is 2.68. The third-order valence-corrected chi connectivity index (χ3v) is 2.75. The summed E-state index contributed by atoms with van der Waals surface area (Å²) in [7, 11) is 0. The minimum Gasteiger partial charge on any atom is -0.378 e. The molecule has 0 aromatic carbocycles. The van der Waals surface area contributed by atoms with Gasteiger partial charge in [0.1, 0.15) is 0 Å². The van der Waals surface area contributed by atoms with Crippen LogP contribution in [-0.4, -0.2) is 24.8 Å². The highest BCUT2D eigenvalue weighted by atomic mass is 16.5. The number of ether oxygens (including phenoxy) is 1. The number of hydrogen-bond acceptors (Lipinski definition) is 3. The first kappa shape index (κ1) is 12.5. The first-order valence-corrected chi connectivity index (χ1v) is 5.99. The first-order chi connectivity index (χ1) is 7.22. The molecule has 3 heteroatoms. The van der Waals surface area contributed by atoms with Crippen LogP contribution in [0.5, 0.6) is 0 Å². The molecule has 1 N–H and O–H groups in total. The van der Waals surface area contributed by atoms with E-state index in [1.165, 1.54) is 25.7 Å². The van der Waals surface area contributed by atoms with E-state index in [1.54, 1.807) is 0 Å². The fraction of sp³-hybridized carbons (Fsp3) is 0.917. The van der Waals surface area contributed by atoms with Gasteiger partial charge in [-0.25, -0.2) is 0 Å². The Morgan fingerprint density at radius 1 is 1.40 bits per heavy atom. The third kappa shape index (κ3) is 5.15. The van der Waals surface area contributed by atoms with E-state index in [-0.39, 0.29) is 6.04 Å². The fourth-order valence-electron chi connectivity index (χ4n) is 2.00. The molecular formula is C12H22N2O. The van der Waals surface area contributed by atoms with Crippen LogP contribution in [0.3, 0.4) is 0 Å². The van der Waals surface area contributed by atoms with Gasteiger partial charge in [-0.1, -0.05) is 12.8 Å². The topological polar surface area (TPSA) is 45.0 Å². The maximum absolute atomic E-state index is 8.90. The van der Waals surface area contributed by atoms with Crippen LogP contribution >= 0.6 is 0 Å². The Hall–Kier alpha value is -0.590. The molecule has 3 nitrogen and oxygen atoms in total. The van der Waals surface area contributed by atoms with Crippen LogP contribution in [0.1, 0.15) is 46.0 Å². The zero-order valence-corrected chi connectivity index (χ0v) is 9.83. The molecular weight excluding hydrogens is 188 g/mol. The molecule has 1 unspecified atom stereocenters. The molecule has 0 aliphatic heterocycles. The highest BCUT2D eigenvalue weighted by molar-refractivity contribution is 4.90. The van der Waals surface area contributed by atoms with E-state index in [0.29, 0.717) is 18.8 Å². The summed E-state index contributed by atoms with van der Waals surface area (Å²) in [5, 5.41) is 12.1. The summed E-state index contributed by atoms with van der Waals surface area (Å²) in [5.41, 5.74) is 0. The summed E-state index contributed by atoms with van der Waals surface area (Å²) in [6, 6.07) is 2.57. The molecule has 1 rings (SSSR count). The van der Waals surface area contributed by atoms with Crippen LogP contribution in [0.2, 0.25) is 0 Å². The Balaban J connectivity index is 2.08. The lowest BCUT2D eigenvalue weighted by Crippen LogP contribution is -2.34. The van der Waals surface area contributed by atoms with Crippen molar-refractivity contribution in [1.82, 2.24) is 5.32 Å². The Bertz CT molecular complexity index is 204. The maximum atomic E-state index is 8.90. The molecule has 0 saturated heterocycles. The summed E-state index contributed by atoms with van der Waals surface area (Å²) in [4.78, 5) is 0. The minimum absolute atomic E-state index is 0.0635. The maximum Gasteiger partial charge on any atom is 0.0976 e. The second kappa shape index (κ2) is 6.81. The van der Waals surface area contributed by atoms with Gasteiger partial charge < -0.3 is 4.74 Å². The van der Waals surface area contributed by atoms with Gasteiger partial charge >= 0.3 is 0 Å². The summed E-state index contributed by atoms with van der Waals surface area (Å²) in [5.74, 6) is 0. The zero-order chi connectivity index (χ0) is 11.1. The van der Waals surface area contributed by atoms with Crippen LogP contribution < -0.4 is 5.32 Å². The van der Waals surface area contributed by atoms with Gasteiger partial charge in [0.2, 0.25) is 0 Å². The van der Waals surface area contributed by atoms with Crippen molar-refractivity contribution in [3.63, 3.8) is 0 Å². The largest absolute Gasteiger partial charge is 0.378 e. The summed E-state index contributed by atoms with van der Waals surface area (Å²) < 4.78 is 5.73. The Morgan fingerprint density at radius 3 is 2.60 bits per heavy atom. The summed E-state index contributed by atoms with van der Waals surface area (Å²) >= 11 is 0. The molecule has 0 heterocycles. The Morgan fingerprint density at radius 2 is 2.07 bits per heavy atom. The van der Waals surface area contributed by atoms with Crippen molar-refractivity contribution in [3.8, 4) is 6.07 Å². The lowest BCUT2D eigenvalue weighted by Gasteiger charge is -2.16. The van der Waals surface area contributed by atoms with Gasteiger partial charge in [-0.2, -0.15) is 5.26 Å². The van der Waals surface area contributed by atoms with Crippen molar-refractivity contribution in [3.05, 3.63) is 0 Å². The van der Waals surface area contributed by atoms with E-state index in [1.807, 2.05) is 0 Å². The van der Waals surface area contributed by atoms with E-state index in [4.69, 9.17) is 10.00 Å². The molecule has 1 aliphatic carbocycles. The molecule has 0 aromatic rings. The summed E-state index contributed by atoms with van der Waals surface area (Å²) in [6.45, 7) is 4.83. The van der Waals surface area contributed by atoms with Crippen molar-refractivity contribution in [2.45, 2.75) is 64.1 Å². The Kier molecular flexibility index (Phi) is 5.67. The SMILES string of the molecule is CC(C)NC(C#N)CCOC1CCCC1. The number of nitrogens with zero attached hydrogens (tertiary/aromatic N) is 1. The zero-order valence-electron chi connectivity index (χ0n) is 9.83. The lowest BCUT2D eigenvalue weighted by atomic mass is 10.2. The molecule has 0 bridgehead atoms. The quantitative estimate of drug-likeness (QED) is 0.731. The monoisotopic (exact) mass is 210 g/mol. The highest BCUT2D eigenvalue weighted by Crippen LogP contribution is 2.20. The van der Waals surface area contributed by atoms with E-state index >= 15 is 0 Å². The molecule has 0 radical (unpaired) electrons. The number of rotatable bonds is 6. The van der Waals surface area contributed by atoms with Gasteiger partial charge in [-0.05, 0) is 33.1 Å². The van der Waals surface area contributed by atoms with Crippen LogP contribution in [-0.2, 0) is 4.74 Å². The summed E-state index contributed by atoms with van der Waals surface area (Å²) in [6.07, 6.45) is 6.27. The van der Waals surface area contributed by atoms with Crippen molar-refractivity contribution in [2.75, 3.05) is 6.61 Å². The van der Waals surface area contributed by atoms with Gasteiger partial charge in [-0.15, -0.1) is 0 Å². The smallest absolute Gasteiger partial charge is 0.0976 e. The van der Waals surface area contributed by atoms with Gasteiger partial charge in [0.15, 0.2) is 0 Å². The highest BCUT2D eigenvalue weighted by Gasteiger charge is 2.16. The number of hydrogen-bond donors (Lipinski definition) is 1.